The first kappa shape index (κ1) is 36.9. The average molecular weight is 716 g/mol. The third-order valence-corrected chi connectivity index (χ3v) is 8.82. The van der Waals surface area contributed by atoms with Crippen molar-refractivity contribution in [2.45, 2.75) is 70.4 Å². The second-order valence-electron chi connectivity index (χ2n) is 12.4. The van der Waals surface area contributed by atoms with Gasteiger partial charge in [0, 0.05) is 37.9 Å². The minimum atomic E-state index is -5.10. The molecular formula is C33H34F9N7O. The number of benzene rings is 2. The van der Waals surface area contributed by atoms with Gasteiger partial charge < -0.3 is 9.47 Å². The number of nitrogens with zero attached hydrogens (tertiary/aromatic N) is 7. The number of aryl methyl sites for hydroxylation is 1. The summed E-state index contributed by atoms with van der Waals surface area (Å²) >= 11 is 0. The lowest BCUT2D eigenvalue weighted by Gasteiger charge is -2.39. The fraction of sp³-hybridized carbons (Fsp3) is 0.455. The van der Waals surface area contributed by atoms with Crippen molar-refractivity contribution in [2.24, 2.45) is 13.0 Å². The van der Waals surface area contributed by atoms with E-state index in [9.17, 15) is 44.3 Å². The first-order chi connectivity index (χ1) is 23.4. The molecule has 1 aliphatic rings. The van der Waals surface area contributed by atoms with Crippen LogP contribution < -0.4 is 10.5 Å². The fourth-order valence-corrected chi connectivity index (χ4v) is 6.39. The Balaban J connectivity index is 1.49. The van der Waals surface area contributed by atoms with Gasteiger partial charge in [0.1, 0.15) is 0 Å². The first-order valence-electron chi connectivity index (χ1n) is 15.8. The molecule has 0 bridgehead atoms. The topological polar surface area (TPSA) is 72.1 Å². The molecule has 1 aliphatic heterocycles. The van der Waals surface area contributed by atoms with Gasteiger partial charge in [-0.3, -0.25) is 9.69 Å². The molecule has 1 saturated heterocycles. The Labute approximate surface area is 281 Å². The lowest BCUT2D eigenvalue weighted by molar-refractivity contribution is -0.143. The molecule has 1 unspecified atom stereocenters. The molecule has 0 amide bonds. The van der Waals surface area contributed by atoms with E-state index in [1.165, 1.54) is 24.1 Å². The number of hydrogen-bond donors (Lipinski definition) is 0. The van der Waals surface area contributed by atoms with Crippen molar-refractivity contribution in [3.63, 3.8) is 0 Å². The molecule has 3 heterocycles. The molecule has 0 radical (unpaired) electrons. The normalized spacial score (nSPS) is 15.7. The summed E-state index contributed by atoms with van der Waals surface area (Å²) in [5.74, 6) is -0.00458. The highest BCUT2D eigenvalue weighted by Gasteiger charge is 2.38. The van der Waals surface area contributed by atoms with Crippen molar-refractivity contribution < 1.29 is 39.5 Å². The van der Waals surface area contributed by atoms with E-state index >= 15 is 0 Å². The first-order valence-corrected chi connectivity index (χ1v) is 15.8. The number of rotatable bonds is 10. The van der Waals surface area contributed by atoms with Gasteiger partial charge in [0.05, 0.1) is 23.7 Å². The number of anilines is 1. The van der Waals surface area contributed by atoms with Crippen LogP contribution in [0.4, 0.5) is 45.5 Å². The maximum absolute atomic E-state index is 14.0. The standard InChI is InChI=1S/C33H34F9N7O/c1-3-28(47-12-9-21(10-13-47)18-48-11-5-4-6-29(48)50)27-8-7-24(31(34,35)36)16-23(27)20-49(30-43-45-46(2)44-30)19-22-14-25(32(37,38)39)17-26(15-22)33(40,41)42/h4-8,11,14-17,21,28H,3,9-10,12-13,18-20H2,1-2H3. The van der Waals surface area contributed by atoms with E-state index in [1.54, 1.807) is 22.9 Å². The number of aromatic nitrogens is 5. The number of pyridine rings is 1. The molecule has 0 spiro atoms. The lowest BCUT2D eigenvalue weighted by atomic mass is 9.90. The number of alkyl halides is 9. The van der Waals surface area contributed by atoms with Crippen LogP contribution >= 0.6 is 0 Å². The van der Waals surface area contributed by atoms with Crippen molar-refractivity contribution in [2.75, 3.05) is 18.0 Å². The van der Waals surface area contributed by atoms with Crippen molar-refractivity contribution in [1.82, 2.24) is 29.7 Å². The van der Waals surface area contributed by atoms with Crippen LogP contribution in [0.5, 0.6) is 0 Å². The van der Waals surface area contributed by atoms with E-state index in [-0.39, 0.29) is 41.6 Å². The summed E-state index contributed by atoms with van der Waals surface area (Å²) in [6.07, 6.45) is -11.3. The highest BCUT2D eigenvalue weighted by atomic mass is 19.4. The van der Waals surface area contributed by atoms with Crippen LogP contribution in [0, 0.1) is 5.92 Å². The molecule has 17 heteroatoms. The van der Waals surface area contributed by atoms with Crippen LogP contribution in [0.2, 0.25) is 0 Å². The summed E-state index contributed by atoms with van der Waals surface area (Å²) < 4.78 is 126. The summed E-state index contributed by atoms with van der Waals surface area (Å²) in [7, 11) is 1.39. The van der Waals surface area contributed by atoms with E-state index in [1.807, 2.05) is 6.92 Å². The van der Waals surface area contributed by atoms with Gasteiger partial charge in [0.25, 0.3) is 11.5 Å². The number of tetrazole rings is 1. The summed E-state index contributed by atoms with van der Waals surface area (Å²) in [5, 5.41) is 11.7. The molecule has 0 N–H and O–H groups in total. The lowest BCUT2D eigenvalue weighted by Crippen LogP contribution is -2.39. The number of halogens is 9. The molecule has 1 atom stereocenters. The van der Waals surface area contributed by atoms with Gasteiger partial charge in [0.2, 0.25) is 0 Å². The van der Waals surface area contributed by atoms with E-state index < -0.39 is 47.3 Å². The molecule has 50 heavy (non-hydrogen) atoms. The highest BCUT2D eigenvalue weighted by molar-refractivity contribution is 5.42. The molecule has 1 fully saturated rings. The molecule has 4 aromatic rings. The zero-order valence-corrected chi connectivity index (χ0v) is 27.0. The SMILES string of the molecule is CCC(c1ccc(C(F)(F)F)cc1CN(Cc1cc(C(F)(F)F)cc(C(F)(F)F)c1)c1nnn(C)n1)N1CCC(Cn2ccccc2=O)CC1. The van der Waals surface area contributed by atoms with Crippen LogP contribution in [-0.4, -0.2) is 42.8 Å². The van der Waals surface area contributed by atoms with E-state index in [4.69, 9.17) is 0 Å². The van der Waals surface area contributed by atoms with Crippen LogP contribution in [0.1, 0.15) is 65.6 Å². The minimum absolute atomic E-state index is 0.00644. The number of piperidine rings is 1. The van der Waals surface area contributed by atoms with Gasteiger partial charge in [-0.05, 0) is 96.6 Å². The van der Waals surface area contributed by atoms with Crippen LogP contribution in [0.15, 0.2) is 65.6 Å². The molecule has 0 aliphatic carbocycles. The van der Waals surface area contributed by atoms with E-state index in [0.717, 1.165) is 29.8 Å². The van der Waals surface area contributed by atoms with Crippen LogP contribution in [0.3, 0.4) is 0 Å². The Kier molecular flexibility index (Phi) is 10.6. The molecule has 270 valence electrons. The summed E-state index contributed by atoms with van der Waals surface area (Å²) in [4.78, 5) is 16.6. The van der Waals surface area contributed by atoms with Crippen molar-refractivity contribution >= 4 is 5.95 Å². The zero-order chi connectivity index (χ0) is 36.4. The second-order valence-corrected chi connectivity index (χ2v) is 12.4. The van der Waals surface area contributed by atoms with Gasteiger partial charge in [0.15, 0.2) is 0 Å². The third-order valence-electron chi connectivity index (χ3n) is 8.82. The van der Waals surface area contributed by atoms with Gasteiger partial charge in [-0.2, -0.15) is 44.3 Å². The van der Waals surface area contributed by atoms with Crippen LogP contribution in [0.25, 0.3) is 0 Å². The molecule has 8 nitrogen and oxygen atoms in total. The smallest absolute Gasteiger partial charge is 0.330 e. The Hall–Kier alpha value is -4.41. The zero-order valence-electron chi connectivity index (χ0n) is 27.0. The van der Waals surface area contributed by atoms with Gasteiger partial charge >= 0.3 is 18.5 Å². The van der Waals surface area contributed by atoms with E-state index in [0.29, 0.717) is 43.8 Å². The Bertz CT molecular complexity index is 1790. The Morgan fingerprint density at radius 1 is 0.840 bits per heavy atom. The summed E-state index contributed by atoms with van der Waals surface area (Å²) in [5.41, 5.74) is -3.87. The van der Waals surface area contributed by atoms with Crippen molar-refractivity contribution in [3.8, 4) is 0 Å². The number of hydrogen-bond acceptors (Lipinski definition) is 6. The average Bonchev–Trinajstić information content (AvgIpc) is 3.48. The maximum atomic E-state index is 14.0. The molecule has 2 aromatic carbocycles. The predicted molar refractivity (Wildman–Crippen MR) is 165 cm³/mol. The van der Waals surface area contributed by atoms with Crippen molar-refractivity contribution in [3.05, 3.63) is 105 Å². The Morgan fingerprint density at radius 3 is 2.02 bits per heavy atom. The van der Waals surface area contributed by atoms with Gasteiger partial charge in [-0.15, -0.1) is 5.10 Å². The largest absolute Gasteiger partial charge is 0.416 e. The highest BCUT2D eigenvalue weighted by Crippen LogP contribution is 2.39. The summed E-state index contributed by atoms with van der Waals surface area (Å²) in [6.45, 7) is 2.60. The molecule has 0 saturated carbocycles. The Morgan fingerprint density at radius 2 is 1.48 bits per heavy atom. The number of likely N-dealkylation sites (tertiary alicyclic amines) is 1. The van der Waals surface area contributed by atoms with Crippen molar-refractivity contribution in [1.29, 1.82) is 0 Å². The maximum Gasteiger partial charge on any atom is 0.416 e. The monoisotopic (exact) mass is 715 g/mol. The third kappa shape index (κ3) is 8.84. The summed E-state index contributed by atoms with van der Waals surface area (Å²) in [6, 6.07) is 8.97. The fourth-order valence-electron chi connectivity index (χ4n) is 6.39. The predicted octanol–water partition coefficient (Wildman–Crippen LogP) is 7.50. The quantitative estimate of drug-likeness (QED) is 0.159. The van der Waals surface area contributed by atoms with E-state index in [2.05, 4.69) is 20.3 Å². The van der Waals surface area contributed by atoms with Gasteiger partial charge in [-0.25, -0.2) is 0 Å². The molecule has 5 rings (SSSR count). The van der Waals surface area contributed by atoms with Crippen LogP contribution in [-0.2, 0) is 45.2 Å². The molecule has 2 aromatic heterocycles. The molecular weight excluding hydrogens is 681 g/mol. The minimum Gasteiger partial charge on any atom is -0.330 e. The second kappa shape index (κ2) is 14.4. The van der Waals surface area contributed by atoms with Gasteiger partial charge in [-0.1, -0.05) is 24.2 Å².